The maximum atomic E-state index is 13.2. The molecule has 2 aromatic heterocycles. The number of amides is 1. The summed E-state index contributed by atoms with van der Waals surface area (Å²) in [6.45, 7) is 0.413. The Morgan fingerprint density at radius 1 is 0.975 bits per heavy atom. The predicted octanol–water partition coefficient (Wildman–Crippen LogP) is 7.33. The predicted molar refractivity (Wildman–Crippen MR) is 165 cm³/mol. The molecular formula is C31H25Cl2N5OS. The van der Waals surface area contributed by atoms with Crippen LogP contribution in [0.2, 0.25) is 10.0 Å². The lowest BCUT2D eigenvalue weighted by Crippen LogP contribution is -2.33. The Labute approximate surface area is 247 Å². The van der Waals surface area contributed by atoms with Gasteiger partial charge in [-0.25, -0.2) is 0 Å². The number of anilines is 1. The van der Waals surface area contributed by atoms with Crippen LogP contribution in [0.15, 0.2) is 103 Å². The lowest BCUT2D eigenvalue weighted by molar-refractivity contribution is -0.116. The van der Waals surface area contributed by atoms with Crippen molar-refractivity contribution in [2.75, 3.05) is 11.9 Å². The highest BCUT2D eigenvalue weighted by Crippen LogP contribution is 2.40. The van der Waals surface area contributed by atoms with Crippen LogP contribution in [-0.2, 0) is 4.79 Å². The minimum Gasteiger partial charge on any atom is -0.352 e. The minimum atomic E-state index is -0.241. The van der Waals surface area contributed by atoms with Gasteiger partial charge in [0.2, 0.25) is 5.91 Å². The molecule has 2 atom stereocenters. The van der Waals surface area contributed by atoms with Gasteiger partial charge < -0.3 is 20.1 Å². The highest BCUT2D eigenvalue weighted by Gasteiger charge is 2.41. The highest BCUT2D eigenvalue weighted by molar-refractivity contribution is 7.80. The van der Waals surface area contributed by atoms with E-state index in [1.165, 1.54) is 0 Å². The van der Waals surface area contributed by atoms with E-state index < -0.39 is 0 Å². The summed E-state index contributed by atoms with van der Waals surface area (Å²) in [6.07, 6.45) is 3.98. The van der Waals surface area contributed by atoms with E-state index in [0.717, 1.165) is 33.5 Å². The number of fused-ring (bicyclic) bond motifs is 1. The van der Waals surface area contributed by atoms with E-state index in [1.807, 2.05) is 95.7 Å². The second-order valence-corrected chi connectivity index (χ2v) is 10.8. The quantitative estimate of drug-likeness (QED) is 0.196. The largest absolute Gasteiger partial charge is 0.352 e. The maximum absolute atomic E-state index is 13.2. The van der Waals surface area contributed by atoms with E-state index in [2.05, 4.69) is 20.5 Å². The molecule has 0 spiro atoms. The standard InChI is InChI=1S/C31H25Cl2N5OS/c32-21-13-14-26(23(33)19-21)37-17-6-12-27(37)30-29(25-10-3-4-16-34-25)36-31(40)38(30)18-15-28(39)35-24-11-5-8-20-7-1-2-9-22(20)24/h1-14,16-17,19,29-30H,15,18H2,(H,35,39)(H,36,40)/t29-,30-/m0/s1. The summed E-state index contributed by atoms with van der Waals surface area (Å²) in [7, 11) is 0. The third-order valence-electron chi connectivity index (χ3n) is 7.09. The number of rotatable bonds is 7. The van der Waals surface area contributed by atoms with Gasteiger partial charge in [-0.15, -0.1) is 0 Å². The van der Waals surface area contributed by atoms with Crippen LogP contribution in [0, 0.1) is 0 Å². The fourth-order valence-electron chi connectivity index (χ4n) is 5.27. The fraction of sp³-hybridized carbons (Fsp3) is 0.129. The summed E-state index contributed by atoms with van der Waals surface area (Å²) < 4.78 is 2.04. The van der Waals surface area contributed by atoms with Crippen LogP contribution in [0.4, 0.5) is 5.69 Å². The van der Waals surface area contributed by atoms with E-state index in [4.69, 9.17) is 35.4 Å². The first-order chi connectivity index (χ1) is 19.5. The summed E-state index contributed by atoms with van der Waals surface area (Å²) in [4.78, 5) is 19.9. The molecule has 6 rings (SSSR count). The number of benzene rings is 3. The molecule has 40 heavy (non-hydrogen) atoms. The first-order valence-electron chi connectivity index (χ1n) is 12.9. The zero-order valence-electron chi connectivity index (χ0n) is 21.3. The molecule has 200 valence electrons. The summed E-state index contributed by atoms with van der Waals surface area (Å²) in [6, 6.07) is 28.7. The molecule has 3 aromatic carbocycles. The average molecular weight is 587 g/mol. The Balaban J connectivity index is 1.30. The van der Waals surface area contributed by atoms with Gasteiger partial charge in [-0.1, -0.05) is 65.7 Å². The van der Waals surface area contributed by atoms with Gasteiger partial charge in [0.1, 0.15) is 0 Å². The molecule has 0 saturated carbocycles. The maximum Gasteiger partial charge on any atom is 0.226 e. The van der Waals surface area contributed by atoms with Crippen molar-refractivity contribution in [3.8, 4) is 5.69 Å². The lowest BCUT2D eigenvalue weighted by Gasteiger charge is -2.29. The number of carbonyl (C=O) groups is 1. The summed E-state index contributed by atoms with van der Waals surface area (Å²) >= 11 is 18.6. The molecule has 0 unspecified atom stereocenters. The monoisotopic (exact) mass is 585 g/mol. The number of nitrogens with one attached hydrogen (secondary N) is 2. The van der Waals surface area contributed by atoms with E-state index in [9.17, 15) is 4.79 Å². The van der Waals surface area contributed by atoms with Crippen LogP contribution in [0.25, 0.3) is 16.5 Å². The van der Waals surface area contributed by atoms with Crippen molar-refractivity contribution in [3.63, 3.8) is 0 Å². The number of nitrogens with zero attached hydrogens (tertiary/aromatic N) is 3. The number of hydrogen-bond donors (Lipinski definition) is 2. The van der Waals surface area contributed by atoms with Crippen molar-refractivity contribution < 1.29 is 4.79 Å². The Morgan fingerprint density at radius 2 is 1.80 bits per heavy atom. The normalized spacial score (nSPS) is 16.8. The second kappa shape index (κ2) is 11.3. The van der Waals surface area contributed by atoms with Crippen molar-refractivity contribution in [2.24, 2.45) is 0 Å². The van der Waals surface area contributed by atoms with Crippen LogP contribution in [0.5, 0.6) is 0 Å². The molecule has 9 heteroatoms. The summed E-state index contributed by atoms with van der Waals surface area (Å²) in [5.74, 6) is -0.0877. The Morgan fingerprint density at radius 3 is 2.62 bits per heavy atom. The Hall–Kier alpha value is -3.91. The lowest BCUT2D eigenvalue weighted by atomic mass is 10.0. The van der Waals surface area contributed by atoms with Crippen LogP contribution in [-0.4, -0.2) is 32.0 Å². The number of carbonyl (C=O) groups excluding carboxylic acids is 1. The average Bonchev–Trinajstić information content (AvgIpc) is 3.56. The SMILES string of the molecule is O=C(CCN1C(=S)N[C@@H](c2ccccn2)[C@@H]1c1cccn1-c1ccc(Cl)cc1Cl)Nc1cccc2ccccc12. The molecule has 1 aliphatic heterocycles. The Kier molecular flexibility index (Phi) is 7.43. The Bertz CT molecular complexity index is 1700. The van der Waals surface area contributed by atoms with Gasteiger partial charge in [-0.2, -0.15) is 0 Å². The van der Waals surface area contributed by atoms with Gasteiger partial charge in [0.25, 0.3) is 0 Å². The number of pyridine rings is 1. The zero-order valence-corrected chi connectivity index (χ0v) is 23.6. The fourth-order valence-corrected chi connectivity index (χ4v) is 6.10. The van der Waals surface area contributed by atoms with Crippen LogP contribution >= 0.6 is 35.4 Å². The zero-order chi connectivity index (χ0) is 27.6. The number of hydrogen-bond acceptors (Lipinski definition) is 3. The highest BCUT2D eigenvalue weighted by atomic mass is 35.5. The first kappa shape index (κ1) is 26.3. The van der Waals surface area contributed by atoms with Gasteiger partial charge in [0, 0.05) is 47.1 Å². The van der Waals surface area contributed by atoms with Crippen molar-refractivity contribution in [2.45, 2.75) is 18.5 Å². The molecule has 0 radical (unpaired) electrons. The second-order valence-electron chi connectivity index (χ2n) is 9.54. The van der Waals surface area contributed by atoms with Crippen LogP contribution in [0.3, 0.4) is 0 Å². The van der Waals surface area contributed by atoms with Crippen molar-refractivity contribution in [3.05, 3.63) is 125 Å². The van der Waals surface area contributed by atoms with Crippen molar-refractivity contribution in [1.82, 2.24) is 19.8 Å². The molecule has 5 aromatic rings. The molecule has 1 aliphatic rings. The minimum absolute atomic E-state index is 0.0877. The van der Waals surface area contributed by atoms with Gasteiger partial charge in [-0.05, 0) is 66.1 Å². The van der Waals surface area contributed by atoms with E-state index >= 15 is 0 Å². The molecule has 0 aliphatic carbocycles. The van der Waals surface area contributed by atoms with Gasteiger partial charge in [-0.3, -0.25) is 9.78 Å². The molecule has 1 fully saturated rings. The van der Waals surface area contributed by atoms with Crippen LogP contribution in [0.1, 0.15) is 29.9 Å². The number of halogens is 2. The third kappa shape index (κ3) is 5.16. The molecule has 0 bridgehead atoms. The molecule has 1 saturated heterocycles. The van der Waals surface area contributed by atoms with Crippen molar-refractivity contribution in [1.29, 1.82) is 0 Å². The van der Waals surface area contributed by atoms with Gasteiger partial charge in [0.05, 0.1) is 28.5 Å². The molecule has 2 N–H and O–H groups in total. The first-order valence-corrected chi connectivity index (χ1v) is 14.0. The third-order valence-corrected chi connectivity index (χ3v) is 7.98. The van der Waals surface area contributed by atoms with Crippen molar-refractivity contribution >= 4 is 62.9 Å². The van der Waals surface area contributed by atoms with Crippen LogP contribution < -0.4 is 10.6 Å². The molecule has 3 heterocycles. The summed E-state index contributed by atoms with van der Waals surface area (Å²) in [5.41, 5.74) is 3.41. The smallest absolute Gasteiger partial charge is 0.226 e. The number of thiocarbonyl (C=S) groups is 1. The molecule has 1 amide bonds. The molecule has 6 nitrogen and oxygen atoms in total. The number of aromatic nitrogens is 2. The van der Waals surface area contributed by atoms with E-state index in [0.29, 0.717) is 21.7 Å². The van der Waals surface area contributed by atoms with E-state index in [1.54, 1.807) is 12.3 Å². The molecular weight excluding hydrogens is 561 g/mol. The van der Waals surface area contributed by atoms with E-state index in [-0.39, 0.29) is 24.4 Å². The topological polar surface area (TPSA) is 62.2 Å². The summed E-state index contributed by atoms with van der Waals surface area (Å²) in [5, 5.41) is 10.3. The van der Waals surface area contributed by atoms with Gasteiger partial charge >= 0.3 is 0 Å². The van der Waals surface area contributed by atoms with Gasteiger partial charge in [0.15, 0.2) is 5.11 Å².